The first-order chi connectivity index (χ1) is 8.19. The van der Waals surface area contributed by atoms with Gasteiger partial charge in [-0.3, -0.25) is 9.58 Å². The van der Waals surface area contributed by atoms with Gasteiger partial charge in [-0.2, -0.15) is 5.10 Å². The molecule has 2 atom stereocenters. The van der Waals surface area contributed by atoms with E-state index in [0.717, 1.165) is 30.7 Å². The summed E-state index contributed by atoms with van der Waals surface area (Å²) >= 11 is 3.69. The summed E-state index contributed by atoms with van der Waals surface area (Å²) in [4.78, 5) is 2.65. The van der Waals surface area contributed by atoms with E-state index in [4.69, 9.17) is 0 Å². The largest absolute Gasteiger partial charge is 0.294 e. The van der Waals surface area contributed by atoms with Crippen LogP contribution in [-0.2, 0) is 13.1 Å². The number of likely N-dealkylation sites (tertiary alicyclic amines) is 1. The normalized spacial score (nSPS) is 28.2. The van der Waals surface area contributed by atoms with Crippen LogP contribution in [0, 0.1) is 12.8 Å². The molecule has 3 rings (SSSR count). The van der Waals surface area contributed by atoms with Crippen molar-refractivity contribution in [3.8, 4) is 0 Å². The first-order valence-electron chi connectivity index (χ1n) is 6.64. The summed E-state index contributed by atoms with van der Waals surface area (Å²) in [5.41, 5.74) is 2.48. The third kappa shape index (κ3) is 1.95. The van der Waals surface area contributed by atoms with Crippen LogP contribution in [0.1, 0.15) is 37.6 Å². The van der Waals surface area contributed by atoms with Gasteiger partial charge in [-0.15, -0.1) is 0 Å². The highest BCUT2D eigenvalue weighted by Crippen LogP contribution is 2.38. The Morgan fingerprint density at radius 2 is 2.24 bits per heavy atom. The van der Waals surface area contributed by atoms with E-state index in [1.54, 1.807) is 0 Å². The summed E-state index contributed by atoms with van der Waals surface area (Å²) in [6, 6.07) is 0.840. The molecule has 1 aliphatic heterocycles. The number of nitrogens with zero attached hydrogens (tertiary/aromatic N) is 3. The van der Waals surface area contributed by atoms with Gasteiger partial charge in [-0.1, -0.05) is 0 Å². The Labute approximate surface area is 111 Å². The second kappa shape index (κ2) is 4.39. The molecule has 2 bridgehead atoms. The maximum atomic E-state index is 4.58. The summed E-state index contributed by atoms with van der Waals surface area (Å²) in [6.45, 7) is 7.57. The monoisotopic (exact) mass is 297 g/mol. The first kappa shape index (κ1) is 11.7. The molecule has 2 heterocycles. The number of piperidine rings is 1. The van der Waals surface area contributed by atoms with Gasteiger partial charge in [0.1, 0.15) is 0 Å². The molecule has 0 amide bonds. The van der Waals surface area contributed by atoms with Crippen LogP contribution in [0.4, 0.5) is 0 Å². The minimum Gasteiger partial charge on any atom is -0.294 e. The molecule has 0 spiro atoms. The first-order valence-corrected chi connectivity index (χ1v) is 7.44. The minimum absolute atomic E-state index is 0.840. The van der Waals surface area contributed by atoms with Crippen molar-refractivity contribution in [3.05, 3.63) is 15.9 Å². The van der Waals surface area contributed by atoms with Gasteiger partial charge in [0.05, 0.1) is 15.9 Å². The highest BCUT2D eigenvalue weighted by atomic mass is 79.9. The Bertz CT molecular complexity index is 427. The molecule has 1 aliphatic carbocycles. The molecular weight excluding hydrogens is 278 g/mol. The van der Waals surface area contributed by atoms with Crippen molar-refractivity contribution >= 4 is 15.9 Å². The molecule has 1 saturated heterocycles. The fraction of sp³-hybridized carbons (Fsp3) is 0.769. The van der Waals surface area contributed by atoms with Crippen LogP contribution in [0.15, 0.2) is 4.47 Å². The summed E-state index contributed by atoms with van der Waals surface area (Å²) in [6.07, 6.45) is 4.28. The average Bonchev–Trinajstić information content (AvgIpc) is 2.99. The molecule has 17 heavy (non-hydrogen) atoms. The molecule has 1 saturated carbocycles. The van der Waals surface area contributed by atoms with Crippen LogP contribution in [0.5, 0.6) is 0 Å². The van der Waals surface area contributed by atoms with Crippen molar-refractivity contribution in [2.45, 2.75) is 52.2 Å². The minimum atomic E-state index is 0.840. The number of aromatic nitrogens is 2. The van der Waals surface area contributed by atoms with Crippen molar-refractivity contribution in [2.24, 2.45) is 5.92 Å². The molecule has 2 aliphatic rings. The number of fused-ring (bicyclic) bond motifs is 2. The summed E-state index contributed by atoms with van der Waals surface area (Å²) in [7, 11) is 0. The maximum Gasteiger partial charge on any atom is 0.0739 e. The zero-order valence-corrected chi connectivity index (χ0v) is 12.2. The van der Waals surface area contributed by atoms with E-state index in [1.807, 2.05) is 0 Å². The highest BCUT2D eigenvalue weighted by Gasteiger charge is 2.38. The van der Waals surface area contributed by atoms with E-state index >= 15 is 0 Å². The number of hydrogen-bond donors (Lipinski definition) is 0. The predicted molar refractivity (Wildman–Crippen MR) is 71.9 cm³/mol. The number of halogens is 1. The number of rotatable bonds is 3. The van der Waals surface area contributed by atoms with E-state index in [1.165, 1.54) is 36.0 Å². The van der Waals surface area contributed by atoms with Crippen molar-refractivity contribution < 1.29 is 0 Å². The Kier molecular flexibility index (Phi) is 3.03. The number of hydrogen-bond acceptors (Lipinski definition) is 2. The summed E-state index contributed by atoms with van der Waals surface area (Å²) in [5.74, 6) is 0.970. The third-order valence-corrected chi connectivity index (χ3v) is 5.36. The van der Waals surface area contributed by atoms with E-state index in [-0.39, 0.29) is 0 Å². The molecule has 94 valence electrons. The summed E-state index contributed by atoms with van der Waals surface area (Å²) < 4.78 is 3.35. The SMILES string of the molecule is CCn1nc(C)c(Br)c1CN1CC2CCC1C2. The molecule has 3 nitrogen and oxygen atoms in total. The molecule has 1 aromatic rings. The number of aryl methyl sites for hydroxylation is 2. The molecule has 0 radical (unpaired) electrons. The van der Waals surface area contributed by atoms with E-state index in [0.29, 0.717) is 0 Å². The van der Waals surface area contributed by atoms with Gasteiger partial charge in [0.2, 0.25) is 0 Å². The Balaban J connectivity index is 1.81. The van der Waals surface area contributed by atoms with E-state index in [9.17, 15) is 0 Å². The zero-order chi connectivity index (χ0) is 12.0. The van der Waals surface area contributed by atoms with Gasteiger partial charge in [-0.05, 0) is 55.0 Å². The lowest BCUT2D eigenvalue weighted by molar-refractivity contribution is 0.199. The lowest BCUT2D eigenvalue weighted by atomic mass is 10.1. The van der Waals surface area contributed by atoms with Crippen molar-refractivity contribution in [1.29, 1.82) is 0 Å². The van der Waals surface area contributed by atoms with Gasteiger partial charge in [0.25, 0.3) is 0 Å². The summed E-state index contributed by atoms with van der Waals surface area (Å²) in [5, 5.41) is 4.58. The predicted octanol–water partition coefficient (Wildman–Crippen LogP) is 2.96. The molecule has 2 fully saturated rings. The van der Waals surface area contributed by atoms with Gasteiger partial charge in [-0.25, -0.2) is 0 Å². The fourth-order valence-corrected chi connectivity index (χ4v) is 3.84. The highest BCUT2D eigenvalue weighted by molar-refractivity contribution is 9.10. The van der Waals surface area contributed by atoms with Gasteiger partial charge < -0.3 is 0 Å². The van der Waals surface area contributed by atoms with Gasteiger partial charge >= 0.3 is 0 Å². The average molecular weight is 298 g/mol. The van der Waals surface area contributed by atoms with E-state index in [2.05, 4.69) is 44.5 Å². The Morgan fingerprint density at radius 3 is 2.82 bits per heavy atom. The second-order valence-corrected chi connectivity index (χ2v) is 6.22. The van der Waals surface area contributed by atoms with Crippen molar-refractivity contribution in [1.82, 2.24) is 14.7 Å². The third-order valence-electron chi connectivity index (χ3n) is 4.33. The fourth-order valence-electron chi connectivity index (χ4n) is 3.43. The van der Waals surface area contributed by atoms with Crippen LogP contribution >= 0.6 is 15.9 Å². The van der Waals surface area contributed by atoms with Crippen LogP contribution in [0.3, 0.4) is 0 Å². The zero-order valence-electron chi connectivity index (χ0n) is 10.6. The van der Waals surface area contributed by atoms with Crippen molar-refractivity contribution in [2.75, 3.05) is 6.54 Å². The van der Waals surface area contributed by atoms with Crippen LogP contribution < -0.4 is 0 Å². The molecule has 4 heteroatoms. The van der Waals surface area contributed by atoms with Gasteiger partial charge in [0, 0.05) is 25.7 Å². The standard InChI is InChI=1S/C13H20BrN3/c1-3-17-12(13(14)9(2)15-17)8-16-7-10-4-5-11(16)6-10/h10-11H,3-8H2,1-2H3. The van der Waals surface area contributed by atoms with Crippen molar-refractivity contribution in [3.63, 3.8) is 0 Å². The lowest BCUT2D eigenvalue weighted by Crippen LogP contribution is -2.32. The second-order valence-electron chi connectivity index (χ2n) is 5.42. The van der Waals surface area contributed by atoms with Crippen LogP contribution in [0.25, 0.3) is 0 Å². The van der Waals surface area contributed by atoms with E-state index < -0.39 is 0 Å². The molecule has 0 N–H and O–H groups in total. The topological polar surface area (TPSA) is 21.1 Å². The Morgan fingerprint density at radius 1 is 1.41 bits per heavy atom. The molecular formula is C13H20BrN3. The van der Waals surface area contributed by atoms with Crippen LogP contribution in [0.2, 0.25) is 0 Å². The smallest absolute Gasteiger partial charge is 0.0739 e. The maximum absolute atomic E-state index is 4.58. The molecule has 2 unspecified atom stereocenters. The Hall–Kier alpha value is -0.350. The lowest BCUT2D eigenvalue weighted by Gasteiger charge is -2.26. The molecule has 1 aromatic heterocycles. The molecule has 0 aromatic carbocycles. The quantitative estimate of drug-likeness (QED) is 0.855. The van der Waals surface area contributed by atoms with Gasteiger partial charge in [0.15, 0.2) is 0 Å². The van der Waals surface area contributed by atoms with Crippen LogP contribution in [-0.4, -0.2) is 27.3 Å².